The predicted molar refractivity (Wildman–Crippen MR) is 152 cm³/mol. The van der Waals surface area contributed by atoms with Crippen LogP contribution >= 0.6 is 34.5 Å². The second kappa shape index (κ2) is 12.1. The minimum atomic E-state index is -0.964. The van der Waals surface area contributed by atoms with E-state index in [1.807, 2.05) is 16.3 Å². The number of hydrogen-bond donors (Lipinski definition) is 0. The third-order valence-corrected chi connectivity index (χ3v) is 7.50. The quantitative estimate of drug-likeness (QED) is 0.172. The van der Waals surface area contributed by atoms with Crippen LogP contribution in [-0.2, 0) is 11.3 Å². The first-order valence-electron chi connectivity index (χ1n) is 12.2. The van der Waals surface area contributed by atoms with E-state index in [0.29, 0.717) is 53.3 Å². The summed E-state index contributed by atoms with van der Waals surface area (Å²) in [6, 6.07) is 13.1. The summed E-state index contributed by atoms with van der Waals surface area (Å²) in [4.78, 5) is 59.8. The van der Waals surface area contributed by atoms with Gasteiger partial charge in [0.05, 0.1) is 17.1 Å². The Kier molecular flexibility index (Phi) is 8.34. The molecule has 3 aromatic heterocycles. The number of hydrogen-bond acceptors (Lipinski definition) is 9. The van der Waals surface area contributed by atoms with Gasteiger partial charge in [-0.3, -0.25) is 14.2 Å². The van der Waals surface area contributed by atoms with Gasteiger partial charge in [0.15, 0.2) is 6.07 Å². The molecule has 0 N–H and O–H groups in total. The lowest BCUT2D eigenvalue weighted by molar-refractivity contribution is 0.0571. The lowest BCUT2D eigenvalue weighted by Gasteiger charge is -2.37. The molecular formula is C27H22Cl2N4O6S. The largest absolute Gasteiger partial charge is 0.446 e. The van der Waals surface area contributed by atoms with Crippen molar-refractivity contribution in [2.75, 3.05) is 37.1 Å². The van der Waals surface area contributed by atoms with Gasteiger partial charge in [-0.15, -0.1) is 11.3 Å². The van der Waals surface area contributed by atoms with E-state index in [9.17, 15) is 19.2 Å². The van der Waals surface area contributed by atoms with Crippen molar-refractivity contribution in [3.8, 4) is 5.75 Å². The van der Waals surface area contributed by atoms with Crippen molar-refractivity contribution in [1.29, 1.82) is 0 Å². The number of amides is 1. The van der Waals surface area contributed by atoms with Gasteiger partial charge in [-0.25, -0.2) is 14.6 Å². The van der Waals surface area contributed by atoms with Crippen LogP contribution in [0.2, 0.25) is 0 Å². The van der Waals surface area contributed by atoms with E-state index in [1.165, 1.54) is 15.9 Å². The number of thiophene rings is 1. The summed E-state index contributed by atoms with van der Waals surface area (Å²) in [7, 11) is 0. The molecule has 1 saturated heterocycles. The Morgan fingerprint density at radius 3 is 2.40 bits per heavy atom. The number of piperazine rings is 1. The number of carbonyl (C=O) groups is 3. The van der Waals surface area contributed by atoms with Crippen molar-refractivity contribution < 1.29 is 23.9 Å². The number of anilines is 1. The Morgan fingerprint density at radius 1 is 1.00 bits per heavy atom. The van der Waals surface area contributed by atoms with Crippen molar-refractivity contribution in [1.82, 2.24) is 14.5 Å². The number of benzene rings is 1. The van der Waals surface area contributed by atoms with Gasteiger partial charge in [0.25, 0.3) is 11.5 Å². The van der Waals surface area contributed by atoms with Gasteiger partial charge in [-0.05, 0) is 41.3 Å². The van der Waals surface area contributed by atoms with Gasteiger partial charge in [0.2, 0.25) is 0 Å². The van der Waals surface area contributed by atoms with Crippen molar-refractivity contribution in [3.63, 3.8) is 0 Å². The third-order valence-electron chi connectivity index (χ3n) is 6.46. The van der Waals surface area contributed by atoms with Crippen LogP contribution in [0.4, 0.5) is 10.5 Å². The summed E-state index contributed by atoms with van der Waals surface area (Å²) in [5, 5.41) is 2.43. The van der Waals surface area contributed by atoms with Gasteiger partial charge in [0, 0.05) is 49.4 Å². The van der Waals surface area contributed by atoms with Crippen molar-refractivity contribution in [2.24, 2.45) is 0 Å². The van der Waals surface area contributed by atoms with Gasteiger partial charge in [-0.1, -0.05) is 29.8 Å². The maximum absolute atomic E-state index is 13.9. The highest BCUT2D eigenvalue weighted by atomic mass is 35.5. The summed E-state index contributed by atoms with van der Waals surface area (Å²) >= 11 is 12.4. The zero-order chi connectivity index (χ0) is 28.2. The molecule has 1 aromatic carbocycles. The Bertz CT molecular complexity index is 1620. The SMILES string of the molecule is O=C(Cl)Oc1ccc(Cn2c(=O)c(C(=O)OCCl)c(N3CCN(C(=O)c4cccs4)CC3)c3cccnc32)cc1. The maximum Gasteiger partial charge on any atom is 0.409 e. The van der Waals surface area contributed by atoms with E-state index < -0.39 is 23.0 Å². The average molecular weight is 601 g/mol. The summed E-state index contributed by atoms with van der Waals surface area (Å²) in [6.07, 6.45) is 1.57. The number of carbonyl (C=O) groups excluding carboxylic acids is 3. The molecule has 4 aromatic rings. The van der Waals surface area contributed by atoms with Crippen LogP contribution in [-0.4, -0.2) is 64.0 Å². The van der Waals surface area contributed by atoms with E-state index in [0.717, 1.165) is 0 Å². The highest BCUT2D eigenvalue weighted by Crippen LogP contribution is 2.30. The van der Waals surface area contributed by atoms with Crippen LogP contribution < -0.4 is 15.2 Å². The highest BCUT2D eigenvalue weighted by Gasteiger charge is 2.31. The Labute approximate surface area is 242 Å². The van der Waals surface area contributed by atoms with E-state index in [-0.39, 0.29) is 23.8 Å². The number of halogens is 2. The van der Waals surface area contributed by atoms with Gasteiger partial charge in [-0.2, -0.15) is 0 Å². The molecular weight excluding hydrogens is 579 g/mol. The smallest absolute Gasteiger partial charge is 0.409 e. The van der Waals surface area contributed by atoms with Crippen LogP contribution in [0.25, 0.3) is 11.0 Å². The molecule has 0 radical (unpaired) electrons. The molecule has 0 unspecified atom stereocenters. The van der Waals surface area contributed by atoms with Crippen LogP contribution in [0.3, 0.4) is 0 Å². The predicted octanol–water partition coefficient (Wildman–Crippen LogP) is 4.56. The molecule has 1 aliphatic heterocycles. The van der Waals surface area contributed by atoms with E-state index in [4.69, 9.17) is 32.7 Å². The van der Waals surface area contributed by atoms with Gasteiger partial charge < -0.3 is 19.3 Å². The van der Waals surface area contributed by atoms with Crippen molar-refractivity contribution >= 4 is 68.6 Å². The van der Waals surface area contributed by atoms with Crippen LogP contribution in [0, 0.1) is 0 Å². The summed E-state index contributed by atoms with van der Waals surface area (Å²) < 4.78 is 11.3. The minimum Gasteiger partial charge on any atom is -0.446 e. The number of ether oxygens (including phenoxy) is 2. The molecule has 0 bridgehead atoms. The molecule has 0 atom stereocenters. The Morgan fingerprint density at radius 2 is 1.75 bits per heavy atom. The van der Waals surface area contributed by atoms with Crippen molar-refractivity contribution in [2.45, 2.75) is 6.54 Å². The summed E-state index contributed by atoms with van der Waals surface area (Å²) in [6.45, 7) is 1.68. The fourth-order valence-electron chi connectivity index (χ4n) is 4.67. The minimum absolute atomic E-state index is 0.0507. The molecule has 1 aliphatic rings. The van der Waals surface area contributed by atoms with E-state index in [1.54, 1.807) is 53.6 Å². The molecule has 1 amide bonds. The first-order chi connectivity index (χ1) is 19.4. The maximum atomic E-state index is 13.9. The number of aromatic nitrogens is 2. The van der Waals surface area contributed by atoms with Gasteiger partial charge >= 0.3 is 11.4 Å². The lowest BCUT2D eigenvalue weighted by Crippen LogP contribution is -2.49. The highest BCUT2D eigenvalue weighted by molar-refractivity contribution is 7.12. The number of rotatable bonds is 7. The molecule has 5 rings (SSSR count). The van der Waals surface area contributed by atoms with E-state index >= 15 is 0 Å². The van der Waals surface area contributed by atoms with Crippen molar-refractivity contribution in [3.05, 3.63) is 86.5 Å². The monoisotopic (exact) mass is 600 g/mol. The second-order valence-corrected chi connectivity index (χ2v) is 10.2. The van der Waals surface area contributed by atoms with Crippen LogP contribution in [0.1, 0.15) is 25.6 Å². The fourth-order valence-corrected chi connectivity index (χ4v) is 5.55. The first-order valence-corrected chi connectivity index (χ1v) is 13.9. The normalized spacial score (nSPS) is 13.3. The molecule has 206 valence electrons. The molecule has 0 spiro atoms. The second-order valence-electron chi connectivity index (χ2n) is 8.77. The molecule has 10 nitrogen and oxygen atoms in total. The molecule has 13 heteroatoms. The number of alkyl halides is 1. The van der Waals surface area contributed by atoms with Crippen LogP contribution in [0.15, 0.2) is 64.9 Å². The third kappa shape index (κ3) is 5.67. The number of fused-ring (bicyclic) bond motifs is 1. The molecule has 0 aliphatic carbocycles. The Hall–Kier alpha value is -3.93. The molecule has 0 saturated carbocycles. The summed E-state index contributed by atoms with van der Waals surface area (Å²) in [5.74, 6) is -0.654. The Balaban J connectivity index is 1.53. The molecule has 4 heterocycles. The van der Waals surface area contributed by atoms with Crippen LogP contribution in [0.5, 0.6) is 5.75 Å². The fraction of sp³-hybridized carbons (Fsp3) is 0.222. The lowest BCUT2D eigenvalue weighted by atomic mass is 10.1. The first kappa shape index (κ1) is 27.6. The average Bonchev–Trinajstić information content (AvgIpc) is 3.50. The van der Waals surface area contributed by atoms with E-state index in [2.05, 4.69) is 4.98 Å². The molecule has 40 heavy (non-hydrogen) atoms. The molecule has 1 fully saturated rings. The van der Waals surface area contributed by atoms with Gasteiger partial charge in [0.1, 0.15) is 17.0 Å². The number of nitrogens with zero attached hydrogens (tertiary/aromatic N) is 4. The zero-order valence-electron chi connectivity index (χ0n) is 20.9. The summed E-state index contributed by atoms with van der Waals surface area (Å²) in [5.41, 5.74) is -0.260. The topological polar surface area (TPSA) is 111 Å². The zero-order valence-corrected chi connectivity index (χ0v) is 23.2. The number of esters is 1. The number of pyridine rings is 2. The standard InChI is InChI=1S/C27H22Cl2N4O6S/c28-16-38-26(36)21-22(31-10-12-32(13-11-31)24(34)20-4-2-14-40-20)19-3-1-9-30-23(19)33(25(21)35)15-17-5-7-18(8-6-17)39-27(29)37/h1-9,14H,10-13,15-16H2.